The molecule has 0 saturated heterocycles. The van der Waals surface area contributed by atoms with Crippen LogP contribution in [-0.2, 0) is 0 Å². The van der Waals surface area contributed by atoms with Gasteiger partial charge in [-0.3, -0.25) is 0 Å². The lowest BCUT2D eigenvalue weighted by Crippen LogP contribution is -1.94. The van der Waals surface area contributed by atoms with Gasteiger partial charge in [0.05, 0.1) is 5.52 Å². The van der Waals surface area contributed by atoms with Crippen LogP contribution in [0.2, 0.25) is 0 Å². The first kappa shape index (κ1) is 9.22. The number of para-hydroxylation sites is 2. The molecule has 0 aliphatic rings. The minimum atomic E-state index is 1.15. The van der Waals surface area contributed by atoms with Crippen LogP contribution < -0.4 is 0 Å². The van der Waals surface area contributed by atoms with Crippen molar-refractivity contribution in [2.45, 2.75) is 6.92 Å². The Morgan fingerprint density at radius 3 is 2.38 bits per heavy atom. The van der Waals surface area contributed by atoms with Crippen LogP contribution in [0.5, 0.6) is 0 Å². The molecule has 0 N–H and O–H groups in total. The van der Waals surface area contributed by atoms with E-state index >= 15 is 0 Å². The van der Waals surface area contributed by atoms with Crippen LogP contribution in [-0.4, -0.2) is 4.57 Å². The smallest absolute Gasteiger partial charge is 0.0537 e. The molecular weight excluding hydrogens is 194 g/mol. The van der Waals surface area contributed by atoms with Crippen LogP contribution in [0.15, 0.2) is 54.6 Å². The third kappa shape index (κ3) is 1.33. The Bertz CT molecular complexity index is 620. The average Bonchev–Trinajstić information content (AvgIpc) is 2.66. The molecule has 0 fully saturated rings. The molecule has 0 aliphatic heterocycles. The normalized spacial score (nSPS) is 10.8. The van der Waals surface area contributed by atoms with E-state index in [1.54, 1.807) is 0 Å². The molecule has 1 heteroatoms. The quantitative estimate of drug-likeness (QED) is 0.571. The summed E-state index contributed by atoms with van der Waals surface area (Å²) in [4.78, 5) is 0. The molecule has 0 saturated carbocycles. The molecule has 1 aromatic heterocycles. The Morgan fingerprint density at radius 1 is 0.875 bits per heavy atom. The standard InChI is InChI=1S/C15H12N/c1-12-11-13-7-5-6-10-15(13)16(12)14-8-3-2-4-9-14/h2-10H,1H3. The van der Waals surface area contributed by atoms with Crippen molar-refractivity contribution in [1.82, 2.24) is 4.57 Å². The fourth-order valence-corrected chi connectivity index (χ4v) is 2.12. The van der Waals surface area contributed by atoms with Gasteiger partial charge in [-0.25, -0.2) is 0 Å². The molecule has 1 nitrogen and oxygen atoms in total. The Morgan fingerprint density at radius 2 is 1.56 bits per heavy atom. The van der Waals surface area contributed by atoms with Crippen LogP contribution in [0.3, 0.4) is 0 Å². The number of hydrogen-bond donors (Lipinski definition) is 0. The summed E-state index contributed by atoms with van der Waals surface area (Å²) < 4.78 is 2.23. The average molecular weight is 206 g/mol. The van der Waals surface area contributed by atoms with E-state index in [4.69, 9.17) is 0 Å². The van der Waals surface area contributed by atoms with Crippen molar-refractivity contribution in [2.75, 3.05) is 0 Å². The molecule has 16 heavy (non-hydrogen) atoms. The lowest BCUT2D eigenvalue weighted by molar-refractivity contribution is 1.05. The SMILES string of the molecule is Cc1[c]c2ccccc2n1-c1ccccc1. The van der Waals surface area contributed by atoms with Crippen LogP contribution in [0.25, 0.3) is 16.6 Å². The summed E-state index contributed by atoms with van der Waals surface area (Å²) in [6, 6.07) is 22.1. The lowest BCUT2D eigenvalue weighted by atomic mass is 10.2. The summed E-state index contributed by atoms with van der Waals surface area (Å²) in [5.41, 5.74) is 3.55. The predicted molar refractivity (Wildman–Crippen MR) is 66.8 cm³/mol. The minimum absolute atomic E-state index is 1.15. The van der Waals surface area contributed by atoms with E-state index in [-0.39, 0.29) is 0 Å². The molecule has 0 aliphatic carbocycles. The molecule has 0 unspecified atom stereocenters. The van der Waals surface area contributed by atoms with Gasteiger partial charge in [0.25, 0.3) is 0 Å². The Balaban J connectivity index is 2.35. The van der Waals surface area contributed by atoms with Crippen LogP contribution in [0, 0.1) is 13.0 Å². The van der Waals surface area contributed by atoms with Crippen LogP contribution >= 0.6 is 0 Å². The predicted octanol–water partition coefficient (Wildman–Crippen LogP) is 3.74. The number of fused-ring (bicyclic) bond motifs is 1. The number of hydrogen-bond acceptors (Lipinski definition) is 0. The lowest BCUT2D eigenvalue weighted by Gasteiger charge is -2.07. The second-order valence-electron chi connectivity index (χ2n) is 3.90. The molecule has 0 spiro atoms. The highest BCUT2D eigenvalue weighted by Gasteiger charge is 2.06. The number of aryl methyl sites for hydroxylation is 1. The molecule has 1 heterocycles. The molecule has 3 rings (SSSR count). The van der Waals surface area contributed by atoms with Gasteiger partial charge in [-0.15, -0.1) is 0 Å². The fraction of sp³-hybridized carbons (Fsp3) is 0.0667. The van der Waals surface area contributed by atoms with Gasteiger partial charge in [0.2, 0.25) is 0 Å². The summed E-state index contributed by atoms with van der Waals surface area (Å²) in [5.74, 6) is 0. The number of nitrogens with zero attached hydrogens (tertiary/aromatic N) is 1. The maximum absolute atomic E-state index is 3.39. The van der Waals surface area contributed by atoms with Gasteiger partial charge in [-0.2, -0.15) is 0 Å². The van der Waals surface area contributed by atoms with E-state index in [0.717, 1.165) is 5.69 Å². The number of benzene rings is 2. The van der Waals surface area contributed by atoms with Crippen molar-refractivity contribution < 1.29 is 0 Å². The minimum Gasteiger partial charge on any atom is -0.313 e. The first-order chi connectivity index (χ1) is 7.86. The van der Waals surface area contributed by atoms with Crippen molar-refractivity contribution in [1.29, 1.82) is 0 Å². The number of aromatic nitrogens is 1. The highest BCUT2D eigenvalue weighted by atomic mass is 15.0. The van der Waals surface area contributed by atoms with Crippen molar-refractivity contribution >= 4 is 10.9 Å². The van der Waals surface area contributed by atoms with Crippen molar-refractivity contribution in [3.8, 4) is 5.69 Å². The zero-order valence-electron chi connectivity index (χ0n) is 9.14. The molecule has 1 radical (unpaired) electrons. The molecule has 2 aromatic carbocycles. The van der Waals surface area contributed by atoms with Gasteiger partial charge in [0.1, 0.15) is 0 Å². The van der Waals surface area contributed by atoms with Crippen molar-refractivity contribution in [2.24, 2.45) is 0 Å². The van der Waals surface area contributed by atoms with Gasteiger partial charge >= 0.3 is 0 Å². The third-order valence-electron chi connectivity index (χ3n) is 2.81. The van der Waals surface area contributed by atoms with E-state index in [9.17, 15) is 0 Å². The molecule has 0 amide bonds. The maximum atomic E-state index is 3.39. The monoisotopic (exact) mass is 206 g/mol. The van der Waals surface area contributed by atoms with E-state index in [0.29, 0.717) is 0 Å². The summed E-state index contributed by atoms with van der Waals surface area (Å²) in [7, 11) is 0. The second kappa shape index (κ2) is 3.53. The van der Waals surface area contributed by atoms with E-state index in [1.165, 1.54) is 16.6 Å². The van der Waals surface area contributed by atoms with Crippen molar-refractivity contribution in [3.63, 3.8) is 0 Å². The zero-order valence-corrected chi connectivity index (χ0v) is 9.14. The van der Waals surface area contributed by atoms with Gasteiger partial charge in [-0.05, 0) is 25.1 Å². The summed E-state index contributed by atoms with van der Waals surface area (Å²) >= 11 is 0. The highest BCUT2D eigenvalue weighted by Crippen LogP contribution is 2.22. The summed E-state index contributed by atoms with van der Waals surface area (Å²) in [6.45, 7) is 2.09. The zero-order chi connectivity index (χ0) is 11.0. The molecule has 77 valence electrons. The molecular formula is C15H12N. The van der Waals surface area contributed by atoms with Crippen LogP contribution in [0.4, 0.5) is 0 Å². The topological polar surface area (TPSA) is 4.93 Å². The first-order valence-corrected chi connectivity index (χ1v) is 5.41. The second-order valence-corrected chi connectivity index (χ2v) is 3.90. The third-order valence-corrected chi connectivity index (χ3v) is 2.81. The van der Waals surface area contributed by atoms with E-state index in [1.807, 2.05) is 12.1 Å². The largest absolute Gasteiger partial charge is 0.313 e. The van der Waals surface area contributed by atoms with Gasteiger partial charge in [0, 0.05) is 22.8 Å². The van der Waals surface area contributed by atoms with Crippen LogP contribution in [0.1, 0.15) is 5.69 Å². The van der Waals surface area contributed by atoms with Gasteiger partial charge in [0.15, 0.2) is 0 Å². The van der Waals surface area contributed by atoms with E-state index in [2.05, 4.69) is 60.0 Å². The van der Waals surface area contributed by atoms with E-state index < -0.39 is 0 Å². The maximum Gasteiger partial charge on any atom is 0.0537 e. The highest BCUT2D eigenvalue weighted by molar-refractivity contribution is 5.82. The van der Waals surface area contributed by atoms with Gasteiger partial charge in [-0.1, -0.05) is 36.4 Å². The Hall–Kier alpha value is -2.02. The van der Waals surface area contributed by atoms with Crippen molar-refractivity contribution in [3.05, 3.63) is 66.4 Å². The Kier molecular flexibility index (Phi) is 2.03. The Labute approximate surface area is 95.0 Å². The molecule has 0 atom stereocenters. The number of rotatable bonds is 1. The molecule has 3 aromatic rings. The summed E-state index contributed by atoms with van der Waals surface area (Å²) in [5, 5.41) is 1.17. The molecule has 0 bridgehead atoms. The first-order valence-electron chi connectivity index (χ1n) is 5.41. The summed E-state index contributed by atoms with van der Waals surface area (Å²) in [6.07, 6.45) is 0. The fourth-order valence-electron chi connectivity index (χ4n) is 2.12. The van der Waals surface area contributed by atoms with Gasteiger partial charge < -0.3 is 4.57 Å².